The van der Waals surface area contributed by atoms with Crippen molar-refractivity contribution in [3.8, 4) is 0 Å². The molecule has 0 aliphatic heterocycles. The van der Waals surface area contributed by atoms with Gasteiger partial charge >= 0.3 is 0 Å². The van der Waals surface area contributed by atoms with E-state index >= 15 is 0 Å². The minimum absolute atomic E-state index is 0. The summed E-state index contributed by atoms with van der Waals surface area (Å²) in [5.74, 6) is 0. The predicted octanol–water partition coefficient (Wildman–Crippen LogP) is 3.52. The first-order chi connectivity index (χ1) is 10.3. The Morgan fingerprint density at radius 1 is 0.875 bits per heavy atom. The van der Waals surface area contributed by atoms with E-state index in [-0.39, 0.29) is 17.8 Å². The van der Waals surface area contributed by atoms with Gasteiger partial charge in [-0.1, -0.05) is 13.8 Å². The minimum Gasteiger partial charge on any atom is -0.309 e. The number of halogens is 1. The zero-order chi connectivity index (χ0) is 18.2. The molecule has 0 radical (unpaired) electrons. The fourth-order valence-electron chi connectivity index (χ4n) is 3.14. The van der Waals surface area contributed by atoms with Gasteiger partial charge in [0.25, 0.3) is 0 Å². The molecule has 24 heavy (non-hydrogen) atoms. The average Bonchev–Trinajstić information content (AvgIpc) is 2.40. The van der Waals surface area contributed by atoms with Gasteiger partial charge in [0.15, 0.2) is 0 Å². The molecule has 0 amide bonds. The van der Waals surface area contributed by atoms with Gasteiger partial charge in [0.1, 0.15) is 0 Å². The van der Waals surface area contributed by atoms with Crippen LogP contribution < -0.4 is 4.72 Å². The molecule has 0 fully saturated rings. The number of nitrogens with one attached hydrogen (secondary N) is 1. The topological polar surface area (TPSA) is 49.4 Å². The highest BCUT2D eigenvalue weighted by Crippen LogP contribution is 2.29. The van der Waals surface area contributed by atoms with Crippen LogP contribution in [0.15, 0.2) is 4.90 Å². The second-order valence-corrected chi connectivity index (χ2v) is 9.38. The third-order valence-corrected chi connectivity index (χ3v) is 6.36. The summed E-state index contributed by atoms with van der Waals surface area (Å²) in [6.07, 6.45) is 0. The SMILES string of the molecule is Cc1c(C)c(C)c(S(=O)(=O)NCC(C)(C)CN(C)C)c(C)c1C.Cl. The fourth-order valence-corrected chi connectivity index (χ4v) is 4.98. The molecule has 6 heteroatoms. The van der Waals surface area contributed by atoms with Gasteiger partial charge in [-0.05, 0) is 81.9 Å². The van der Waals surface area contributed by atoms with Crippen molar-refractivity contribution >= 4 is 22.4 Å². The molecule has 1 aromatic rings. The van der Waals surface area contributed by atoms with Gasteiger partial charge in [0.05, 0.1) is 4.90 Å². The van der Waals surface area contributed by atoms with Crippen molar-refractivity contribution < 1.29 is 8.42 Å². The molecule has 0 unspecified atom stereocenters. The highest BCUT2D eigenvalue weighted by atomic mass is 35.5. The number of hydrogen-bond donors (Lipinski definition) is 1. The van der Waals surface area contributed by atoms with E-state index in [0.29, 0.717) is 11.4 Å². The zero-order valence-corrected chi connectivity index (χ0v) is 18.1. The van der Waals surface area contributed by atoms with Gasteiger partial charge < -0.3 is 4.90 Å². The van der Waals surface area contributed by atoms with Crippen molar-refractivity contribution in [1.29, 1.82) is 0 Å². The second kappa shape index (κ2) is 8.17. The highest BCUT2D eigenvalue weighted by molar-refractivity contribution is 7.89. The second-order valence-electron chi connectivity index (χ2n) is 7.68. The lowest BCUT2D eigenvalue weighted by Gasteiger charge is -2.29. The number of hydrogen-bond acceptors (Lipinski definition) is 3. The van der Waals surface area contributed by atoms with E-state index < -0.39 is 10.0 Å². The third-order valence-electron chi connectivity index (χ3n) is 4.68. The summed E-state index contributed by atoms with van der Waals surface area (Å²) in [5.41, 5.74) is 4.86. The van der Waals surface area contributed by atoms with Crippen LogP contribution in [0.3, 0.4) is 0 Å². The Hall–Kier alpha value is -0.620. The van der Waals surface area contributed by atoms with Crippen molar-refractivity contribution in [2.75, 3.05) is 27.2 Å². The number of sulfonamides is 1. The summed E-state index contributed by atoms with van der Waals surface area (Å²) < 4.78 is 28.6. The van der Waals surface area contributed by atoms with Crippen LogP contribution in [0, 0.1) is 40.0 Å². The summed E-state index contributed by atoms with van der Waals surface area (Å²) in [6.45, 7) is 15.2. The predicted molar refractivity (Wildman–Crippen MR) is 105 cm³/mol. The van der Waals surface area contributed by atoms with Crippen LogP contribution in [-0.2, 0) is 10.0 Å². The van der Waals surface area contributed by atoms with Crippen molar-refractivity contribution in [1.82, 2.24) is 9.62 Å². The molecule has 1 rings (SSSR count). The average molecular weight is 377 g/mol. The molecule has 0 heterocycles. The Bertz CT molecular complexity index is 666. The Labute approximate surface area is 154 Å². The van der Waals surface area contributed by atoms with Gasteiger partial charge in [-0.3, -0.25) is 0 Å². The summed E-state index contributed by atoms with van der Waals surface area (Å²) >= 11 is 0. The van der Waals surface area contributed by atoms with Gasteiger partial charge in [-0.15, -0.1) is 12.4 Å². The van der Waals surface area contributed by atoms with Crippen LogP contribution in [0.4, 0.5) is 0 Å². The Morgan fingerprint density at radius 3 is 1.62 bits per heavy atom. The van der Waals surface area contributed by atoms with E-state index in [0.717, 1.165) is 28.8 Å². The minimum atomic E-state index is -3.52. The van der Waals surface area contributed by atoms with Crippen LogP contribution in [0.25, 0.3) is 0 Å². The van der Waals surface area contributed by atoms with Crippen LogP contribution in [0.2, 0.25) is 0 Å². The smallest absolute Gasteiger partial charge is 0.241 e. The molecule has 0 aliphatic carbocycles. The maximum atomic E-state index is 12.9. The molecular formula is C18H33ClN2O2S. The Kier molecular flexibility index (Phi) is 7.96. The third kappa shape index (κ3) is 5.19. The van der Waals surface area contributed by atoms with Crippen LogP contribution in [-0.4, -0.2) is 40.5 Å². The summed E-state index contributed by atoms with van der Waals surface area (Å²) in [5, 5.41) is 0. The van der Waals surface area contributed by atoms with E-state index in [9.17, 15) is 8.42 Å². The van der Waals surface area contributed by atoms with E-state index in [1.54, 1.807) is 0 Å². The van der Waals surface area contributed by atoms with Crippen LogP contribution >= 0.6 is 12.4 Å². The zero-order valence-electron chi connectivity index (χ0n) is 16.5. The molecular weight excluding hydrogens is 344 g/mol. The number of nitrogens with zero attached hydrogens (tertiary/aromatic N) is 1. The first-order valence-electron chi connectivity index (χ1n) is 8.01. The highest BCUT2D eigenvalue weighted by Gasteiger charge is 2.27. The molecule has 0 spiro atoms. The fraction of sp³-hybridized carbons (Fsp3) is 0.667. The molecule has 1 N–H and O–H groups in total. The van der Waals surface area contributed by atoms with Crippen molar-refractivity contribution in [3.63, 3.8) is 0 Å². The normalized spacial score (nSPS) is 12.4. The van der Waals surface area contributed by atoms with Crippen molar-refractivity contribution in [2.45, 2.75) is 53.4 Å². The molecule has 140 valence electrons. The monoisotopic (exact) mass is 376 g/mol. The van der Waals surface area contributed by atoms with E-state index in [1.807, 2.05) is 41.8 Å². The standard InChI is InChI=1S/C18H32N2O2S.ClH/c1-12-13(2)15(4)17(16(5)14(12)3)23(21,22)19-10-18(6,7)11-20(8)9;/h19H,10-11H2,1-9H3;1H. The molecule has 0 saturated carbocycles. The molecule has 0 bridgehead atoms. The van der Waals surface area contributed by atoms with Gasteiger partial charge in [0.2, 0.25) is 10.0 Å². The van der Waals surface area contributed by atoms with Gasteiger partial charge in [-0.25, -0.2) is 13.1 Å². The van der Waals surface area contributed by atoms with Crippen molar-refractivity contribution in [2.24, 2.45) is 5.41 Å². The lowest BCUT2D eigenvalue weighted by Crippen LogP contribution is -2.40. The molecule has 1 aromatic carbocycles. The van der Waals surface area contributed by atoms with E-state index in [4.69, 9.17) is 0 Å². The Balaban J connectivity index is 0.00000529. The van der Waals surface area contributed by atoms with Gasteiger partial charge in [0, 0.05) is 13.1 Å². The summed E-state index contributed by atoms with van der Waals surface area (Å²) in [4.78, 5) is 2.52. The van der Waals surface area contributed by atoms with Crippen LogP contribution in [0.5, 0.6) is 0 Å². The van der Waals surface area contributed by atoms with E-state index in [1.165, 1.54) is 5.56 Å². The lowest BCUT2D eigenvalue weighted by molar-refractivity contribution is 0.242. The molecule has 4 nitrogen and oxygen atoms in total. The summed E-state index contributed by atoms with van der Waals surface area (Å²) in [7, 11) is 0.474. The first-order valence-corrected chi connectivity index (χ1v) is 9.50. The van der Waals surface area contributed by atoms with E-state index in [2.05, 4.69) is 30.4 Å². The Morgan fingerprint density at radius 2 is 1.25 bits per heavy atom. The lowest BCUT2D eigenvalue weighted by atomic mass is 9.93. The molecule has 0 atom stereocenters. The van der Waals surface area contributed by atoms with Crippen LogP contribution in [0.1, 0.15) is 41.7 Å². The first kappa shape index (κ1) is 23.4. The summed E-state index contributed by atoms with van der Waals surface area (Å²) in [6, 6.07) is 0. The molecule has 0 aliphatic rings. The van der Waals surface area contributed by atoms with Gasteiger partial charge in [-0.2, -0.15) is 0 Å². The quantitative estimate of drug-likeness (QED) is 0.826. The molecule has 0 saturated heterocycles. The van der Waals surface area contributed by atoms with Crippen molar-refractivity contribution in [3.05, 3.63) is 27.8 Å². The maximum absolute atomic E-state index is 12.9. The largest absolute Gasteiger partial charge is 0.309 e. The number of rotatable bonds is 6. The molecule has 0 aromatic heterocycles. The maximum Gasteiger partial charge on any atom is 0.241 e. The number of benzene rings is 1.